The van der Waals surface area contributed by atoms with Crippen molar-refractivity contribution in [2.24, 2.45) is 0 Å². The van der Waals surface area contributed by atoms with Crippen molar-refractivity contribution >= 4 is 28.8 Å². The molecule has 0 aliphatic carbocycles. The van der Waals surface area contributed by atoms with Gasteiger partial charge in [0.25, 0.3) is 0 Å². The first-order chi connectivity index (χ1) is 21.7. The quantitative estimate of drug-likeness (QED) is 0.184. The zero-order valence-corrected chi connectivity index (χ0v) is 28.4. The zero-order valence-electron chi connectivity index (χ0n) is 28.4. The summed E-state index contributed by atoms with van der Waals surface area (Å²) in [5, 5.41) is 19.4. The Morgan fingerprint density at radius 1 is 0.587 bits per heavy atom. The summed E-state index contributed by atoms with van der Waals surface area (Å²) >= 11 is 0. The van der Waals surface area contributed by atoms with E-state index < -0.39 is 0 Å². The van der Waals surface area contributed by atoms with E-state index in [0.717, 1.165) is 22.3 Å². The van der Waals surface area contributed by atoms with E-state index in [1.165, 1.54) is 0 Å². The van der Waals surface area contributed by atoms with Crippen molar-refractivity contribution in [3.05, 3.63) is 107 Å². The second kappa shape index (κ2) is 14.4. The van der Waals surface area contributed by atoms with Gasteiger partial charge in [-0.25, -0.2) is 4.79 Å². The van der Waals surface area contributed by atoms with Crippen molar-refractivity contribution in [1.82, 2.24) is 0 Å². The van der Waals surface area contributed by atoms with E-state index in [2.05, 4.69) is 41.5 Å². The van der Waals surface area contributed by atoms with Crippen LogP contribution in [0.1, 0.15) is 63.8 Å². The van der Waals surface area contributed by atoms with E-state index in [0.29, 0.717) is 34.2 Å². The third-order valence-electron chi connectivity index (χ3n) is 7.80. The molecule has 0 spiro atoms. The highest BCUT2D eigenvalue weighted by molar-refractivity contribution is 6.14. The molecular weight excluding hydrogens is 576 g/mol. The molecule has 0 unspecified atom stereocenters. The van der Waals surface area contributed by atoms with Crippen LogP contribution in [-0.2, 0) is 10.8 Å². The molecule has 4 rings (SSSR count). The minimum absolute atomic E-state index is 0.0550. The Morgan fingerprint density at radius 2 is 0.957 bits per heavy atom. The van der Waals surface area contributed by atoms with E-state index in [4.69, 9.17) is 9.47 Å². The zero-order chi connectivity index (χ0) is 33.6. The average Bonchev–Trinajstić information content (AvgIpc) is 3.01. The number of anilines is 4. The Bertz CT molecular complexity index is 1500. The highest BCUT2D eigenvalue weighted by Gasteiger charge is 2.33. The maximum atomic E-state index is 15.4. The maximum Gasteiger partial charge on any atom is 0.338 e. The van der Waals surface area contributed by atoms with Crippen LogP contribution >= 0.6 is 0 Å². The summed E-state index contributed by atoms with van der Waals surface area (Å²) < 4.78 is 12.2. The third kappa shape index (κ3) is 8.08. The fourth-order valence-corrected chi connectivity index (χ4v) is 5.07. The smallest absolute Gasteiger partial charge is 0.338 e. The van der Waals surface area contributed by atoms with Gasteiger partial charge in [0.1, 0.15) is 24.7 Å². The number of aliphatic hydroxyl groups is 2. The first-order valence-corrected chi connectivity index (χ1v) is 15.8. The summed E-state index contributed by atoms with van der Waals surface area (Å²) in [6.07, 6.45) is 0. The number of amides is 2. The fraction of sp³-hybridized carbons (Fsp3) is 0.359. The van der Waals surface area contributed by atoms with Crippen LogP contribution in [0.2, 0.25) is 0 Å². The molecular formula is C39H48N2O5. The molecule has 7 heteroatoms. The summed E-state index contributed by atoms with van der Waals surface area (Å²) in [6.45, 7) is 16.5. The molecule has 0 aliphatic heterocycles. The predicted octanol–water partition coefficient (Wildman–Crippen LogP) is 8.74. The van der Waals surface area contributed by atoms with Crippen molar-refractivity contribution < 1.29 is 24.5 Å². The largest absolute Gasteiger partial charge is 0.489 e. The highest BCUT2D eigenvalue weighted by Crippen LogP contribution is 2.45. The van der Waals surface area contributed by atoms with Gasteiger partial charge in [0.2, 0.25) is 0 Å². The lowest BCUT2D eigenvalue weighted by Crippen LogP contribution is -2.39. The van der Waals surface area contributed by atoms with Crippen molar-refractivity contribution in [2.45, 2.75) is 66.2 Å². The lowest BCUT2D eigenvalue weighted by atomic mass is 9.86. The van der Waals surface area contributed by atoms with E-state index in [1.807, 2.05) is 98.8 Å². The van der Waals surface area contributed by atoms with Crippen LogP contribution in [0.25, 0.3) is 0 Å². The van der Waals surface area contributed by atoms with Crippen molar-refractivity contribution in [2.75, 3.05) is 36.2 Å². The van der Waals surface area contributed by atoms with Gasteiger partial charge in [-0.2, -0.15) is 0 Å². The lowest BCUT2D eigenvalue weighted by Gasteiger charge is -2.34. The predicted molar refractivity (Wildman–Crippen MR) is 187 cm³/mol. The van der Waals surface area contributed by atoms with Crippen LogP contribution in [0.3, 0.4) is 0 Å². The summed E-state index contributed by atoms with van der Waals surface area (Å²) in [5.74, 6) is 0.884. The van der Waals surface area contributed by atoms with E-state index >= 15 is 4.79 Å². The molecule has 0 atom stereocenters. The number of urea groups is 1. The van der Waals surface area contributed by atoms with Crippen LogP contribution in [0.15, 0.2) is 84.9 Å². The van der Waals surface area contributed by atoms with Gasteiger partial charge in [-0.3, -0.25) is 9.80 Å². The third-order valence-corrected chi connectivity index (χ3v) is 7.80. The minimum atomic E-state index is -0.354. The second-order valence-corrected chi connectivity index (χ2v) is 13.6. The molecule has 2 amide bonds. The maximum absolute atomic E-state index is 15.4. The van der Waals surface area contributed by atoms with E-state index in [1.54, 1.807) is 9.80 Å². The number of aliphatic hydroxyl groups excluding tert-OH is 2. The van der Waals surface area contributed by atoms with Gasteiger partial charge in [0.15, 0.2) is 0 Å². The average molecular weight is 625 g/mol. The van der Waals surface area contributed by atoms with Gasteiger partial charge in [-0.15, -0.1) is 0 Å². The molecule has 244 valence electrons. The van der Waals surface area contributed by atoms with E-state index in [9.17, 15) is 10.2 Å². The van der Waals surface area contributed by atoms with Crippen LogP contribution < -0.4 is 19.3 Å². The topological polar surface area (TPSA) is 82.5 Å². The molecule has 0 aromatic heterocycles. The standard InChI is InChI=1S/C39H48N2O5/c1-27-9-15-31(16-10-27)40(32-17-11-28(2)12-18-32)37(44)41(33-25-29(38(3,4)5)13-19-35(33)45-23-21-42)34-26-30(39(6,7)8)14-20-36(34)46-24-22-43/h9-20,25-26,42-43H,21-24H2,1-8H3. The number of ether oxygens (including phenoxy) is 2. The Kier molecular flexibility index (Phi) is 10.8. The van der Waals surface area contributed by atoms with Crippen molar-refractivity contribution in [3.8, 4) is 11.5 Å². The lowest BCUT2D eigenvalue weighted by molar-refractivity contribution is 0.200. The summed E-state index contributed by atoms with van der Waals surface area (Å²) in [7, 11) is 0. The molecule has 0 saturated heterocycles. The summed E-state index contributed by atoms with van der Waals surface area (Å²) in [6, 6.07) is 27.0. The Labute approximate surface area is 274 Å². The first kappa shape index (κ1) is 34.5. The Hall–Kier alpha value is -4.33. The monoisotopic (exact) mass is 624 g/mol. The van der Waals surface area contributed by atoms with Crippen LogP contribution in [0.4, 0.5) is 27.5 Å². The number of hydrogen-bond acceptors (Lipinski definition) is 5. The van der Waals surface area contributed by atoms with Gasteiger partial charge >= 0.3 is 6.03 Å². The fourth-order valence-electron chi connectivity index (χ4n) is 5.07. The van der Waals surface area contributed by atoms with Crippen LogP contribution in [0, 0.1) is 13.8 Å². The number of hydrogen-bond donors (Lipinski definition) is 2. The highest BCUT2D eigenvalue weighted by atomic mass is 16.5. The Balaban J connectivity index is 2.10. The molecule has 0 aliphatic rings. The summed E-state index contributed by atoms with van der Waals surface area (Å²) in [4.78, 5) is 18.8. The van der Waals surface area contributed by atoms with Crippen molar-refractivity contribution in [1.29, 1.82) is 0 Å². The molecule has 4 aromatic rings. The molecule has 0 radical (unpaired) electrons. The first-order valence-electron chi connectivity index (χ1n) is 15.8. The molecule has 4 aromatic carbocycles. The number of carbonyl (C=O) groups is 1. The molecule has 46 heavy (non-hydrogen) atoms. The molecule has 0 heterocycles. The van der Waals surface area contributed by atoms with Crippen LogP contribution in [0.5, 0.6) is 11.5 Å². The molecule has 2 N–H and O–H groups in total. The number of nitrogens with zero attached hydrogens (tertiary/aromatic N) is 2. The second-order valence-electron chi connectivity index (χ2n) is 13.6. The number of aryl methyl sites for hydroxylation is 2. The summed E-state index contributed by atoms with van der Waals surface area (Å²) in [5.41, 5.74) is 6.08. The molecule has 0 fully saturated rings. The van der Waals surface area contributed by atoms with Gasteiger partial charge in [0, 0.05) is 0 Å². The minimum Gasteiger partial charge on any atom is -0.489 e. The van der Waals surface area contributed by atoms with Gasteiger partial charge < -0.3 is 19.7 Å². The molecule has 0 saturated carbocycles. The van der Waals surface area contributed by atoms with Gasteiger partial charge in [-0.05, 0) is 84.3 Å². The number of rotatable bonds is 10. The SMILES string of the molecule is Cc1ccc(N(C(=O)N(c2cc(C(C)(C)C)ccc2OCCO)c2cc(C(C)(C)C)ccc2OCCO)c2ccc(C)cc2)cc1. The number of carbonyl (C=O) groups excluding carboxylic acids is 1. The van der Waals surface area contributed by atoms with Gasteiger partial charge in [-0.1, -0.05) is 89.1 Å². The Morgan fingerprint density at radius 3 is 1.28 bits per heavy atom. The molecule has 0 bridgehead atoms. The number of benzene rings is 4. The van der Waals surface area contributed by atoms with Gasteiger partial charge in [0.05, 0.1) is 36.0 Å². The van der Waals surface area contributed by atoms with E-state index in [-0.39, 0.29) is 43.3 Å². The van der Waals surface area contributed by atoms with Crippen molar-refractivity contribution in [3.63, 3.8) is 0 Å². The molecule has 7 nitrogen and oxygen atoms in total. The van der Waals surface area contributed by atoms with Crippen LogP contribution in [-0.4, -0.2) is 42.7 Å². The normalized spacial score (nSPS) is 11.7.